The van der Waals surface area contributed by atoms with E-state index in [1.807, 2.05) is 43.4 Å². The third kappa shape index (κ3) is 5.63. The SMILES string of the molecule is COc1cc2c(cc1OC)CN(C(=O)Nc1ccc(Cl)cc1)C(C(=O)Nc1ccc(C3=NCCN3C)cc1)C2. The van der Waals surface area contributed by atoms with Gasteiger partial charge in [0.1, 0.15) is 11.9 Å². The molecule has 0 aliphatic carbocycles. The van der Waals surface area contributed by atoms with Crippen LogP contribution in [0.25, 0.3) is 0 Å². The Kier molecular flexibility index (Phi) is 7.60. The molecule has 0 aromatic heterocycles. The quantitative estimate of drug-likeness (QED) is 0.468. The molecule has 0 spiro atoms. The number of fused-ring (bicyclic) bond motifs is 1. The smallest absolute Gasteiger partial charge is 0.322 e. The van der Waals surface area contributed by atoms with E-state index in [-0.39, 0.29) is 12.5 Å². The fraction of sp³-hybridized carbons (Fsp3) is 0.276. The van der Waals surface area contributed by atoms with Crippen molar-refractivity contribution in [1.82, 2.24) is 9.80 Å². The normalized spacial score (nSPS) is 16.3. The predicted molar refractivity (Wildman–Crippen MR) is 152 cm³/mol. The van der Waals surface area contributed by atoms with Crippen LogP contribution in [0.4, 0.5) is 16.2 Å². The molecule has 2 aliphatic rings. The number of carbonyl (C=O) groups is 2. The highest BCUT2D eigenvalue weighted by atomic mass is 35.5. The second-order valence-electron chi connectivity index (χ2n) is 9.45. The highest BCUT2D eigenvalue weighted by molar-refractivity contribution is 6.30. The summed E-state index contributed by atoms with van der Waals surface area (Å²) in [6.45, 7) is 1.89. The largest absolute Gasteiger partial charge is 0.493 e. The van der Waals surface area contributed by atoms with Crippen LogP contribution < -0.4 is 20.1 Å². The molecular formula is C29H30ClN5O4. The molecule has 0 bridgehead atoms. The van der Waals surface area contributed by atoms with Gasteiger partial charge in [0.25, 0.3) is 0 Å². The van der Waals surface area contributed by atoms with Gasteiger partial charge in [0, 0.05) is 48.5 Å². The van der Waals surface area contributed by atoms with Crippen LogP contribution in [0.3, 0.4) is 0 Å². The Morgan fingerprint density at radius 3 is 2.15 bits per heavy atom. The number of ether oxygens (including phenoxy) is 2. The highest BCUT2D eigenvalue weighted by Crippen LogP contribution is 2.35. The Labute approximate surface area is 232 Å². The van der Waals surface area contributed by atoms with E-state index >= 15 is 0 Å². The molecule has 5 rings (SSSR count). The summed E-state index contributed by atoms with van der Waals surface area (Å²) in [6.07, 6.45) is 0.315. The van der Waals surface area contributed by atoms with Crippen LogP contribution in [-0.4, -0.2) is 68.0 Å². The summed E-state index contributed by atoms with van der Waals surface area (Å²) in [5.41, 5.74) is 4.01. The third-order valence-electron chi connectivity index (χ3n) is 6.96. The second kappa shape index (κ2) is 11.2. The number of halogens is 1. The number of nitrogens with zero attached hydrogens (tertiary/aromatic N) is 3. The molecule has 0 radical (unpaired) electrons. The average molecular weight is 548 g/mol. The molecule has 0 fully saturated rings. The van der Waals surface area contributed by atoms with Gasteiger partial charge in [0.05, 0.1) is 20.8 Å². The van der Waals surface area contributed by atoms with E-state index in [4.69, 9.17) is 21.1 Å². The molecule has 3 amide bonds. The minimum atomic E-state index is -0.757. The minimum absolute atomic E-state index is 0.221. The maximum Gasteiger partial charge on any atom is 0.322 e. The van der Waals surface area contributed by atoms with Crippen molar-refractivity contribution in [2.45, 2.75) is 19.0 Å². The zero-order valence-electron chi connectivity index (χ0n) is 22.0. The van der Waals surface area contributed by atoms with E-state index in [9.17, 15) is 9.59 Å². The summed E-state index contributed by atoms with van der Waals surface area (Å²) in [4.78, 5) is 35.3. The number of benzene rings is 3. The number of aliphatic imine (C=N–C) groups is 1. The van der Waals surface area contributed by atoms with Gasteiger partial charge in [0.15, 0.2) is 11.5 Å². The molecule has 1 atom stereocenters. The zero-order valence-corrected chi connectivity index (χ0v) is 22.8. The fourth-order valence-electron chi connectivity index (χ4n) is 4.86. The number of amides is 3. The number of amidine groups is 1. The topological polar surface area (TPSA) is 95.5 Å². The van der Waals surface area contributed by atoms with Crippen molar-refractivity contribution in [3.05, 3.63) is 82.4 Å². The molecule has 2 aliphatic heterocycles. The van der Waals surface area contributed by atoms with E-state index in [0.717, 1.165) is 35.6 Å². The van der Waals surface area contributed by atoms with Crippen molar-refractivity contribution in [2.24, 2.45) is 4.99 Å². The first kappa shape index (κ1) is 26.4. The molecular weight excluding hydrogens is 518 g/mol. The molecule has 0 saturated carbocycles. The molecule has 0 saturated heterocycles. The summed E-state index contributed by atoms with van der Waals surface area (Å²) in [7, 11) is 5.15. The number of urea groups is 1. The van der Waals surface area contributed by atoms with Gasteiger partial charge in [-0.1, -0.05) is 11.6 Å². The van der Waals surface area contributed by atoms with Crippen LogP contribution in [0, 0.1) is 0 Å². The Morgan fingerprint density at radius 1 is 0.923 bits per heavy atom. The summed E-state index contributed by atoms with van der Waals surface area (Å²) >= 11 is 5.99. The number of nitrogens with one attached hydrogen (secondary N) is 2. The molecule has 9 nitrogen and oxygen atoms in total. The maximum atomic E-state index is 13.6. The standard InChI is InChI=1S/C29H30ClN5O4/c1-34-13-12-31-27(34)18-4-8-22(9-5-18)32-28(36)24-14-19-15-25(38-2)26(39-3)16-20(19)17-35(24)29(37)33-23-10-6-21(30)7-11-23/h4-11,15-16,24H,12-14,17H2,1-3H3,(H,32,36)(H,33,37). The van der Waals surface area contributed by atoms with Crippen LogP contribution in [0.2, 0.25) is 5.02 Å². The van der Waals surface area contributed by atoms with Crippen molar-refractivity contribution in [1.29, 1.82) is 0 Å². The Hall–Kier alpha value is -4.24. The Bertz CT molecular complexity index is 1410. The molecule has 3 aromatic carbocycles. The first-order valence-electron chi connectivity index (χ1n) is 12.6. The van der Waals surface area contributed by atoms with Crippen LogP contribution >= 0.6 is 11.6 Å². The van der Waals surface area contributed by atoms with Gasteiger partial charge in [-0.05, 0) is 71.8 Å². The predicted octanol–water partition coefficient (Wildman–Crippen LogP) is 4.65. The number of methoxy groups -OCH3 is 2. The van der Waals surface area contributed by atoms with E-state index in [1.165, 1.54) is 4.90 Å². The molecule has 10 heteroatoms. The third-order valence-corrected chi connectivity index (χ3v) is 7.22. The average Bonchev–Trinajstić information content (AvgIpc) is 3.38. The maximum absolute atomic E-state index is 13.6. The van der Waals surface area contributed by atoms with Gasteiger partial charge in [-0.3, -0.25) is 9.79 Å². The van der Waals surface area contributed by atoms with Gasteiger partial charge in [-0.25, -0.2) is 4.79 Å². The van der Waals surface area contributed by atoms with E-state index < -0.39 is 12.1 Å². The van der Waals surface area contributed by atoms with Gasteiger partial charge in [-0.15, -0.1) is 0 Å². The van der Waals surface area contributed by atoms with Gasteiger partial charge in [-0.2, -0.15) is 0 Å². The molecule has 1 unspecified atom stereocenters. The second-order valence-corrected chi connectivity index (χ2v) is 9.89. The number of rotatable bonds is 6. The molecule has 2 N–H and O–H groups in total. The van der Waals surface area contributed by atoms with Gasteiger partial charge in [0.2, 0.25) is 5.91 Å². The lowest BCUT2D eigenvalue weighted by Gasteiger charge is -2.36. The fourth-order valence-corrected chi connectivity index (χ4v) is 4.99. The highest BCUT2D eigenvalue weighted by Gasteiger charge is 2.36. The van der Waals surface area contributed by atoms with E-state index in [1.54, 1.807) is 38.5 Å². The number of hydrogen-bond donors (Lipinski definition) is 2. The van der Waals surface area contributed by atoms with Crippen molar-refractivity contribution in [3.63, 3.8) is 0 Å². The van der Waals surface area contributed by atoms with Crippen LogP contribution in [0.1, 0.15) is 16.7 Å². The van der Waals surface area contributed by atoms with Crippen molar-refractivity contribution < 1.29 is 19.1 Å². The lowest BCUT2D eigenvalue weighted by Crippen LogP contribution is -2.52. The van der Waals surface area contributed by atoms with Crippen LogP contribution in [0.5, 0.6) is 11.5 Å². The summed E-state index contributed by atoms with van der Waals surface area (Å²) in [6, 6.07) is 17.0. The molecule has 3 aromatic rings. The first-order valence-corrected chi connectivity index (χ1v) is 13.0. The van der Waals surface area contributed by atoms with Gasteiger partial charge < -0.3 is 29.9 Å². The van der Waals surface area contributed by atoms with Crippen molar-refractivity contribution in [3.8, 4) is 11.5 Å². The number of likely N-dealkylation sites (N-methyl/N-ethyl adjacent to an activating group) is 1. The van der Waals surface area contributed by atoms with E-state index in [2.05, 4.69) is 20.5 Å². The Balaban J connectivity index is 1.40. The zero-order chi connectivity index (χ0) is 27.5. The van der Waals surface area contributed by atoms with E-state index in [0.29, 0.717) is 34.3 Å². The minimum Gasteiger partial charge on any atom is -0.493 e. The van der Waals surface area contributed by atoms with Crippen molar-refractivity contribution >= 4 is 40.7 Å². The summed E-state index contributed by atoms with van der Waals surface area (Å²) in [5, 5.41) is 6.44. The number of carbonyl (C=O) groups excluding carboxylic acids is 2. The van der Waals surface area contributed by atoms with Crippen molar-refractivity contribution in [2.75, 3.05) is 45.0 Å². The van der Waals surface area contributed by atoms with Crippen LogP contribution in [-0.2, 0) is 17.8 Å². The molecule has 2 heterocycles. The summed E-state index contributed by atoms with van der Waals surface area (Å²) in [5.74, 6) is 1.79. The monoisotopic (exact) mass is 547 g/mol. The summed E-state index contributed by atoms with van der Waals surface area (Å²) < 4.78 is 10.9. The lowest BCUT2D eigenvalue weighted by atomic mass is 9.93. The molecule has 39 heavy (non-hydrogen) atoms. The molecule has 202 valence electrons. The number of anilines is 2. The number of hydrogen-bond acceptors (Lipinski definition) is 6. The Morgan fingerprint density at radius 2 is 1.54 bits per heavy atom. The lowest BCUT2D eigenvalue weighted by molar-refractivity contribution is -0.120. The van der Waals surface area contributed by atoms with Crippen LogP contribution in [0.15, 0.2) is 65.7 Å². The first-order chi connectivity index (χ1) is 18.9. The van der Waals surface area contributed by atoms with Gasteiger partial charge >= 0.3 is 6.03 Å².